The summed E-state index contributed by atoms with van der Waals surface area (Å²) in [6.45, 7) is 3.08. The molecule has 0 aromatic heterocycles. The van der Waals surface area contributed by atoms with Crippen molar-refractivity contribution >= 4 is 17.3 Å². The average molecular weight is 273 g/mol. The molecule has 100 valence electrons. The molecule has 1 aromatic carbocycles. The van der Waals surface area contributed by atoms with Crippen LogP contribution in [0.4, 0.5) is 5.69 Å². The third-order valence-corrected chi connectivity index (χ3v) is 2.97. The maximum Gasteiger partial charge on any atom is 0.270 e. The molecule has 0 fully saturated rings. The maximum absolute atomic E-state index is 10.6. The summed E-state index contributed by atoms with van der Waals surface area (Å²) in [4.78, 5) is 12.1. The van der Waals surface area contributed by atoms with Crippen molar-refractivity contribution < 1.29 is 10.0 Å². The van der Waals surface area contributed by atoms with Crippen LogP contribution in [-0.2, 0) is 6.54 Å². The topological polar surface area (TPSA) is 66.6 Å². The quantitative estimate of drug-likeness (QED) is 0.638. The van der Waals surface area contributed by atoms with Gasteiger partial charge in [-0.05, 0) is 32.0 Å². The van der Waals surface area contributed by atoms with Gasteiger partial charge in [0.1, 0.15) is 0 Å². The van der Waals surface area contributed by atoms with Crippen molar-refractivity contribution in [2.45, 2.75) is 26.0 Å². The summed E-state index contributed by atoms with van der Waals surface area (Å²) in [5.74, 6) is 0. The Morgan fingerprint density at radius 1 is 1.56 bits per heavy atom. The summed E-state index contributed by atoms with van der Waals surface area (Å²) in [5.41, 5.74) is 0.839. The fraction of sp³-hybridized carbons (Fsp3) is 0.500. The third kappa shape index (κ3) is 4.60. The molecule has 0 radical (unpaired) electrons. The van der Waals surface area contributed by atoms with Crippen LogP contribution in [0, 0.1) is 10.1 Å². The minimum absolute atomic E-state index is 0.00427. The molecule has 6 heteroatoms. The summed E-state index contributed by atoms with van der Waals surface area (Å²) >= 11 is 6.00. The third-order valence-electron chi connectivity index (χ3n) is 2.62. The molecule has 1 atom stereocenters. The smallest absolute Gasteiger partial charge is 0.270 e. The van der Waals surface area contributed by atoms with E-state index in [0.29, 0.717) is 18.0 Å². The van der Waals surface area contributed by atoms with E-state index in [0.717, 1.165) is 12.1 Å². The van der Waals surface area contributed by atoms with Crippen molar-refractivity contribution in [1.29, 1.82) is 0 Å². The number of benzene rings is 1. The zero-order valence-corrected chi connectivity index (χ0v) is 11.2. The molecule has 1 rings (SSSR count). The lowest BCUT2D eigenvalue weighted by atomic mass is 10.2. The first-order chi connectivity index (χ1) is 8.40. The molecule has 1 aromatic rings. The highest BCUT2D eigenvalue weighted by atomic mass is 35.5. The molecule has 0 aliphatic carbocycles. The number of hydrogen-bond donors (Lipinski definition) is 1. The van der Waals surface area contributed by atoms with Crippen LogP contribution in [0.3, 0.4) is 0 Å². The molecule has 0 heterocycles. The largest absolute Gasteiger partial charge is 0.393 e. The van der Waals surface area contributed by atoms with E-state index < -0.39 is 4.92 Å². The van der Waals surface area contributed by atoms with E-state index in [-0.39, 0.29) is 11.8 Å². The average Bonchev–Trinajstić information content (AvgIpc) is 2.29. The zero-order chi connectivity index (χ0) is 13.7. The first kappa shape index (κ1) is 14.9. The predicted molar refractivity (Wildman–Crippen MR) is 70.7 cm³/mol. The molecule has 0 bridgehead atoms. The summed E-state index contributed by atoms with van der Waals surface area (Å²) in [6, 6.07) is 4.47. The molecule has 1 N–H and O–H groups in total. The number of nitro groups is 1. The van der Waals surface area contributed by atoms with E-state index in [9.17, 15) is 15.2 Å². The molecule has 0 saturated carbocycles. The second-order valence-electron chi connectivity index (χ2n) is 4.41. The number of nitrogens with zero attached hydrogens (tertiary/aromatic N) is 2. The van der Waals surface area contributed by atoms with Crippen LogP contribution in [0.5, 0.6) is 0 Å². The Balaban J connectivity index is 2.64. The Morgan fingerprint density at radius 3 is 2.72 bits per heavy atom. The van der Waals surface area contributed by atoms with E-state index >= 15 is 0 Å². The van der Waals surface area contributed by atoms with Crippen molar-refractivity contribution in [2.24, 2.45) is 0 Å². The monoisotopic (exact) mass is 272 g/mol. The number of nitro benzene ring substituents is 1. The van der Waals surface area contributed by atoms with Crippen molar-refractivity contribution in [3.63, 3.8) is 0 Å². The van der Waals surface area contributed by atoms with Gasteiger partial charge in [-0.1, -0.05) is 11.6 Å². The summed E-state index contributed by atoms with van der Waals surface area (Å²) in [6.07, 6.45) is 0.348. The lowest BCUT2D eigenvalue weighted by Crippen LogP contribution is -2.22. The normalized spacial score (nSPS) is 12.7. The van der Waals surface area contributed by atoms with E-state index in [1.165, 1.54) is 12.1 Å². The van der Waals surface area contributed by atoms with Gasteiger partial charge in [0.25, 0.3) is 5.69 Å². The SMILES string of the molecule is CC(O)CCN(C)Cc1ccc([N+](=O)[O-])cc1Cl. The van der Waals surface area contributed by atoms with Crippen LogP contribution in [0.1, 0.15) is 18.9 Å². The molecule has 0 aliphatic rings. The summed E-state index contributed by atoms with van der Waals surface area (Å²) in [7, 11) is 1.92. The van der Waals surface area contributed by atoms with Crippen LogP contribution in [0.2, 0.25) is 5.02 Å². The molecule has 18 heavy (non-hydrogen) atoms. The second kappa shape index (κ2) is 6.68. The number of hydrogen-bond acceptors (Lipinski definition) is 4. The van der Waals surface area contributed by atoms with E-state index in [1.807, 2.05) is 11.9 Å². The number of rotatable bonds is 6. The maximum atomic E-state index is 10.6. The van der Waals surface area contributed by atoms with Gasteiger partial charge in [-0.25, -0.2) is 0 Å². The highest BCUT2D eigenvalue weighted by Gasteiger charge is 2.11. The Bertz CT molecular complexity index is 424. The van der Waals surface area contributed by atoms with Gasteiger partial charge in [0.05, 0.1) is 16.0 Å². The zero-order valence-electron chi connectivity index (χ0n) is 10.5. The highest BCUT2D eigenvalue weighted by Crippen LogP contribution is 2.23. The first-order valence-electron chi connectivity index (χ1n) is 5.69. The van der Waals surface area contributed by atoms with E-state index in [2.05, 4.69) is 0 Å². The van der Waals surface area contributed by atoms with Gasteiger partial charge in [-0.2, -0.15) is 0 Å². The number of non-ortho nitro benzene ring substituents is 1. The van der Waals surface area contributed by atoms with Crippen LogP contribution >= 0.6 is 11.6 Å². The molecule has 0 amide bonds. The van der Waals surface area contributed by atoms with Gasteiger partial charge >= 0.3 is 0 Å². The summed E-state index contributed by atoms with van der Waals surface area (Å²) in [5, 5.41) is 20.2. The predicted octanol–water partition coefficient (Wildman–Crippen LogP) is 2.45. The van der Waals surface area contributed by atoms with E-state index in [4.69, 9.17) is 11.6 Å². The van der Waals surface area contributed by atoms with Gasteiger partial charge in [-0.3, -0.25) is 10.1 Å². The fourth-order valence-electron chi connectivity index (χ4n) is 1.56. The molecule has 0 spiro atoms. The second-order valence-corrected chi connectivity index (χ2v) is 4.82. The summed E-state index contributed by atoms with van der Waals surface area (Å²) < 4.78 is 0. The number of aliphatic hydroxyl groups is 1. The standard InChI is InChI=1S/C12H17ClN2O3/c1-9(16)5-6-14(2)8-10-3-4-11(15(17)18)7-12(10)13/h3-4,7,9,16H,5-6,8H2,1-2H3. The van der Waals surface area contributed by atoms with Crippen molar-refractivity contribution in [2.75, 3.05) is 13.6 Å². The fourth-order valence-corrected chi connectivity index (χ4v) is 1.79. The van der Waals surface area contributed by atoms with Crippen molar-refractivity contribution in [3.8, 4) is 0 Å². The minimum Gasteiger partial charge on any atom is -0.393 e. The van der Waals surface area contributed by atoms with Crippen molar-refractivity contribution in [1.82, 2.24) is 4.90 Å². The molecule has 1 unspecified atom stereocenters. The van der Waals surface area contributed by atoms with Crippen molar-refractivity contribution in [3.05, 3.63) is 38.9 Å². The molecule has 5 nitrogen and oxygen atoms in total. The Hall–Kier alpha value is -1.17. The molecule has 0 saturated heterocycles. The highest BCUT2D eigenvalue weighted by molar-refractivity contribution is 6.31. The lowest BCUT2D eigenvalue weighted by molar-refractivity contribution is -0.384. The Labute approximate surface area is 111 Å². The molecular formula is C12H17ClN2O3. The number of halogens is 1. The van der Waals surface area contributed by atoms with Gasteiger partial charge in [0.15, 0.2) is 0 Å². The van der Waals surface area contributed by atoms with Gasteiger partial charge in [-0.15, -0.1) is 0 Å². The van der Waals surface area contributed by atoms with Crippen LogP contribution in [0.15, 0.2) is 18.2 Å². The lowest BCUT2D eigenvalue weighted by Gasteiger charge is -2.18. The minimum atomic E-state index is -0.465. The van der Waals surface area contributed by atoms with Gasteiger partial charge in [0, 0.05) is 25.2 Å². The van der Waals surface area contributed by atoms with Gasteiger partial charge in [0.2, 0.25) is 0 Å². The van der Waals surface area contributed by atoms with Gasteiger partial charge < -0.3 is 10.0 Å². The number of aliphatic hydroxyl groups excluding tert-OH is 1. The Kier molecular flexibility index (Phi) is 5.53. The van der Waals surface area contributed by atoms with Crippen LogP contribution in [-0.4, -0.2) is 34.6 Å². The van der Waals surface area contributed by atoms with Crippen LogP contribution < -0.4 is 0 Å². The molecular weight excluding hydrogens is 256 g/mol. The Morgan fingerprint density at radius 2 is 2.22 bits per heavy atom. The first-order valence-corrected chi connectivity index (χ1v) is 6.07. The van der Waals surface area contributed by atoms with E-state index in [1.54, 1.807) is 13.0 Å². The molecule has 0 aliphatic heterocycles. The van der Waals surface area contributed by atoms with Crippen LogP contribution in [0.25, 0.3) is 0 Å².